The van der Waals surface area contributed by atoms with Crippen LogP contribution in [0.1, 0.15) is 35.2 Å². The van der Waals surface area contributed by atoms with E-state index in [4.69, 9.17) is 0 Å². The van der Waals surface area contributed by atoms with Crippen LogP contribution in [-0.4, -0.2) is 44.9 Å². The third-order valence-corrected chi connectivity index (χ3v) is 4.56. The van der Waals surface area contributed by atoms with E-state index in [9.17, 15) is 9.59 Å². The summed E-state index contributed by atoms with van der Waals surface area (Å²) >= 11 is 0. The maximum absolute atomic E-state index is 12.3. The van der Waals surface area contributed by atoms with Crippen LogP contribution in [0.4, 0.5) is 0 Å². The topological polar surface area (TPSA) is 105 Å². The maximum atomic E-state index is 12.3. The number of aromatic amines is 1. The molecule has 0 saturated carbocycles. The van der Waals surface area contributed by atoms with Gasteiger partial charge in [0.1, 0.15) is 0 Å². The Balaban J connectivity index is 1.39. The van der Waals surface area contributed by atoms with Crippen LogP contribution < -0.4 is 10.6 Å². The molecule has 28 heavy (non-hydrogen) atoms. The van der Waals surface area contributed by atoms with Gasteiger partial charge in [0.25, 0.3) is 5.91 Å². The van der Waals surface area contributed by atoms with Crippen molar-refractivity contribution in [3.8, 4) is 0 Å². The number of para-hydroxylation sites is 1. The van der Waals surface area contributed by atoms with Crippen molar-refractivity contribution in [2.45, 2.75) is 33.7 Å². The zero-order valence-corrected chi connectivity index (χ0v) is 16.5. The van der Waals surface area contributed by atoms with Gasteiger partial charge >= 0.3 is 0 Å². The monoisotopic (exact) mass is 382 g/mol. The molecule has 148 valence electrons. The number of benzene rings is 1. The largest absolute Gasteiger partial charge is 0.356 e. The molecule has 0 fully saturated rings. The summed E-state index contributed by atoms with van der Waals surface area (Å²) in [5, 5.41) is 17.8. The van der Waals surface area contributed by atoms with Gasteiger partial charge in [0.15, 0.2) is 5.69 Å². The molecule has 2 aromatic heterocycles. The Morgan fingerprint density at radius 1 is 1.21 bits per heavy atom. The van der Waals surface area contributed by atoms with Crippen LogP contribution in [0, 0.1) is 19.8 Å². The first kappa shape index (κ1) is 19.6. The Hall–Kier alpha value is -3.16. The SMILES string of the molecule is Cc1cc(C)n(CC(C)CNC(=O)CCNC(=O)c2n[nH]c3ccccc23)n1. The molecule has 8 heteroatoms. The highest BCUT2D eigenvalue weighted by Gasteiger charge is 2.14. The second kappa shape index (κ2) is 8.69. The zero-order chi connectivity index (χ0) is 20.1. The molecule has 1 aromatic carbocycles. The van der Waals surface area contributed by atoms with Gasteiger partial charge < -0.3 is 10.6 Å². The van der Waals surface area contributed by atoms with E-state index in [-0.39, 0.29) is 30.7 Å². The fraction of sp³-hybridized carbons (Fsp3) is 0.400. The Bertz CT molecular complexity index is 974. The molecule has 3 aromatic rings. The van der Waals surface area contributed by atoms with Crippen molar-refractivity contribution < 1.29 is 9.59 Å². The standard InChI is InChI=1S/C20H26N6O2/c1-13(12-26-15(3)10-14(2)25-26)11-22-18(27)8-9-21-20(28)19-16-6-4-5-7-17(16)23-24-19/h4-7,10,13H,8-9,11-12H2,1-3H3,(H,21,28)(H,22,27)(H,23,24). The molecule has 0 aliphatic rings. The van der Waals surface area contributed by atoms with Gasteiger partial charge in [0.05, 0.1) is 11.2 Å². The molecular formula is C20H26N6O2. The lowest BCUT2D eigenvalue weighted by Crippen LogP contribution is -2.34. The Labute approximate surface area is 163 Å². The highest BCUT2D eigenvalue weighted by Crippen LogP contribution is 2.14. The zero-order valence-electron chi connectivity index (χ0n) is 16.5. The summed E-state index contributed by atoms with van der Waals surface area (Å²) in [7, 11) is 0. The highest BCUT2D eigenvalue weighted by molar-refractivity contribution is 6.04. The molecule has 0 saturated heterocycles. The van der Waals surface area contributed by atoms with Gasteiger partial charge in [-0.1, -0.05) is 25.1 Å². The number of hydrogen-bond acceptors (Lipinski definition) is 4. The van der Waals surface area contributed by atoms with Crippen molar-refractivity contribution in [1.29, 1.82) is 0 Å². The van der Waals surface area contributed by atoms with Crippen molar-refractivity contribution in [3.63, 3.8) is 0 Å². The van der Waals surface area contributed by atoms with Crippen LogP contribution in [0.15, 0.2) is 30.3 Å². The number of aryl methyl sites for hydroxylation is 2. The molecule has 0 aliphatic carbocycles. The number of rotatable bonds is 8. The van der Waals surface area contributed by atoms with Crippen molar-refractivity contribution >= 4 is 22.7 Å². The molecule has 8 nitrogen and oxygen atoms in total. The molecule has 3 rings (SSSR count). The maximum Gasteiger partial charge on any atom is 0.272 e. The van der Waals surface area contributed by atoms with Crippen molar-refractivity contribution in [2.24, 2.45) is 5.92 Å². The number of carbonyl (C=O) groups excluding carboxylic acids is 2. The average Bonchev–Trinajstić information content (AvgIpc) is 3.22. The van der Waals surface area contributed by atoms with Crippen LogP contribution in [0.3, 0.4) is 0 Å². The molecule has 1 unspecified atom stereocenters. The van der Waals surface area contributed by atoms with Crippen LogP contribution in [0.25, 0.3) is 10.9 Å². The minimum absolute atomic E-state index is 0.0904. The highest BCUT2D eigenvalue weighted by atomic mass is 16.2. The first-order valence-corrected chi connectivity index (χ1v) is 9.43. The van der Waals surface area contributed by atoms with E-state index in [1.54, 1.807) is 0 Å². The molecule has 0 spiro atoms. The lowest BCUT2D eigenvalue weighted by Gasteiger charge is -2.14. The second-order valence-electron chi connectivity index (χ2n) is 7.14. The molecule has 1 atom stereocenters. The molecular weight excluding hydrogens is 356 g/mol. The fourth-order valence-electron chi connectivity index (χ4n) is 3.11. The lowest BCUT2D eigenvalue weighted by molar-refractivity contribution is -0.121. The number of hydrogen-bond donors (Lipinski definition) is 3. The number of H-pyrrole nitrogens is 1. The van der Waals surface area contributed by atoms with Gasteiger partial charge in [-0.05, 0) is 31.9 Å². The Morgan fingerprint density at radius 2 is 2.00 bits per heavy atom. The van der Waals surface area contributed by atoms with Gasteiger partial charge in [-0.25, -0.2) is 0 Å². The normalized spacial score (nSPS) is 12.1. The van der Waals surface area contributed by atoms with E-state index in [0.29, 0.717) is 12.2 Å². The number of nitrogens with one attached hydrogen (secondary N) is 3. The first-order chi connectivity index (χ1) is 13.4. The summed E-state index contributed by atoms with van der Waals surface area (Å²) in [4.78, 5) is 24.3. The lowest BCUT2D eigenvalue weighted by atomic mass is 10.2. The predicted octanol–water partition coefficient (Wildman–Crippen LogP) is 1.95. The summed E-state index contributed by atoms with van der Waals surface area (Å²) in [6, 6.07) is 9.47. The number of carbonyl (C=O) groups is 2. The fourth-order valence-corrected chi connectivity index (χ4v) is 3.11. The van der Waals surface area contributed by atoms with E-state index in [1.165, 1.54) is 0 Å². The molecule has 0 aliphatic heterocycles. The molecule has 2 heterocycles. The van der Waals surface area contributed by atoms with Crippen molar-refractivity contribution in [3.05, 3.63) is 47.4 Å². The first-order valence-electron chi connectivity index (χ1n) is 9.43. The van der Waals surface area contributed by atoms with Crippen LogP contribution in [0.2, 0.25) is 0 Å². The summed E-state index contributed by atoms with van der Waals surface area (Å²) in [6.45, 7) is 7.64. The van der Waals surface area contributed by atoms with E-state index < -0.39 is 0 Å². The van der Waals surface area contributed by atoms with E-state index in [2.05, 4.69) is 32.9 Å². The molecule has 2 amide bonds. The summed E-state index contributed by atoms with van der Waals surface area (Å²) < 4.78 is 1.96. The summed E-state index contributed by atoms with van der Waals surface area (Å²) in [5.41, 5.74) is 3.26. The molecule has 3 N–H and O–H groups in total. The van der Waals surface area contributed by atoms with Gasteiger partial charge in [-0.15, -0.1) is 0 Å². The van der Waals surface area contributed by atoms with E-state index in [0.717, 1.165) is 28.8 Å². The minimum Gasteiger partial charge on any atom is -0.356 e. The minimum atomic E-state index is -0.289. The number of nitrogens with zero attached hydrogens (tertiary/aromatic N) is 3. The van der Waals surface area contributed by atoms with E-state index in [1.807, 2.05) is 48.9 Å². The van der Waals surface area contributed by atoms with Crippen molar-refractivity contribution in [2.75, 3.05) is 13.1 Å². The van der Waals surface area contributed by atoms with E-state index >= 15 is 0 Å². The van der Waals surface area contributed by atoms with Crippen LogP contribution >= 0.6 is 0 Å². The number of aromatic nitrogens is 4. The third-order valence-electron chi connectivity index (χ3n) is 4.56. The molecule has 0 bridgehead atoms. The second-order valence-corrected chi connectivity index (χ2v) is 7.14. The van der Waals surface area contributed by atoms with Crippen LogP contribution in [0.5, 0.6) is 0 Å². The van der Waals surface area contributed by atoms with Gasteiger partial charge in [-0.2, -0.15) is 10.2 Å². The molecule has 0 radical (unpaired) electrons. The predicted molar refractivity (Wildman–Crippen MR) is 107 cm³/mol. The van der Waals surface area contributed by atoms with Crippen molar-refractivity contribution in [1.82, 2.24) is 30.6 Å². The number of fused-ring (bicyclic) bond motifs is 1. The summed E-state index contributed by atoms with van der Waals surface area (Å²) in [5.74, 6) is -0.123. The number of amides is 2. The van der Waals surface area contributed by atoms with Crippen LogP contribution in [-0.2, 0) is 11.3 Å². The third kappa shape index (κ3) is 4.76. The Morgan fingerprint density at radius 3 is 2.75 bits per heavy atom. The summed E-state index contributed by atoms with van der Waals surface area (Å²) in [6.07, 6.45) is 0.223. The van der Waals surface area contributed by atoms with Gasteiger partial charge in [-0.3, -0.25) is 19.4 Å². The Kier molecular flexibility index (Phi) is 6.08. The smallest absolute Gasteiger partial charge is 0.272 e. The average molecular weight is 382 g/mol. The van der Waals surface area contributed by atoms with Gasteiger partial charge in [0, 0.05) is 37.1 Å². The quantitative estimate of drug-likeness (QED) is 0.554. The van der Waals surface area contributed by atoms with Gasteiger partial charge in [0.2, 0.25) is 5.91 Å².